The van der Waals surface area contributed by atoms with Crippen LogP contribution >= 0.6 is 0 Å². The van der Waals surface area contributed by atoms with Gasteiger partial charge in [-0.2, -0.15) is 0 Å². The van der Waals surface area contributed by atoms with Crippen LogP contribution in [0.2, 0.25) is 0 Å². The zero-order chi connectivity index (χ0) is 35.9. The highest BCUT2D eigenvalue weighted by Gasteiger charge is 2.55. The van der Waals surface area contributed by atoms with Crippen LogP contribution in [0.5, 0.6) is 11.5 Å². The molecule has 7 rings (SSSR count). The first-order chi connectivity index (χ1) is 24.5. The molecule has 1 unspecified atom stereocenters. The number of ether oxygens (including phenoxy) is 2. The van der Waals surface area contributed by atoms with Gasteiger partial charge in [0, 0.05) is 29.9 Å². The summed E-state index contributed by atoms with van der Waals surface area (Å²) in [4.78, 5) is 31.8. The van der Waals surface area contributed by atoms with Crippen LogP contribution in [0.25, 0.3) is 0 Å². The number of carbonyl (C=O) groups is 2. The topological polar surface area (TPSA) is 105 Å². The van der Waals surface area contributed by atoms with Gasteiger partial charge in [0.1, 0.15) is 11.5 Å². The standard InChI is InChI=1S/C41H39N3O6S/c1-5-43(25-24-27(2)3)29-12-10-13-30(26-29)44(40(46)42-51(47,48)31-22-20-28(4)21-23-31)35-17-11-19-37-38(35)41(34-16-8-9-18-36(34)49-37)33-15-7-6-14-32(33)39(45)50-41/h6-23,26-27H,5,24-25H2,1-4H3,(H,42,46). The molecule has 5 aromatic rings. The van der Waals surface area contributed by atoms with E-state index in [0.717, 1.165) is 30.8 Å². The van der Waals surface area contributed by atoms with E-state index in [0.29, 0.717) is 45.4 Å². The maximum Gasteiger partial charge on any atom is 0.340 e. The minimum Gasteiger partial charge on any atom is -0.456 e. The molecule has 0 bridgehead atoms. The van der Waals surface area contributed by atoms with Crippen molar-refractivity contribution in [2.75, 3.05) is 22.9 Å². The lowest BCUT2D eigenvalue weighted by atomic mass is 9.76. The SMILES string of the molecule is CCN(CCC(C)C)c1cccc(N(C(=O)NS(=O)(=O)c2ccc(C)cc2)c2cccc3c2C2(OC(=O)c4ccccc42)c2ccccc2O3)c1. The predicted molar refractivity (Wildman–Crippen MR) is 198 cm³/mol. The molecule has 5 aromatic carbocycles. The van der Waals surface area contributed by atoms with Gasteiger partial charge < -0.3 is 14.4 Å². The molecule has 51 heavy (non-hydrogen) atoms. The first kappa shape index (κ1) is 33.9. The van der Waals surface area contributed by atoms with E-state index in [-0.39, 0.29) is 10.6 Å². The number of aryl methyl sites for hydroxylation is 1. The van der Waals surface area contributed by atoms with Gasteiger partial charge in [0.2, 0.25) is 0 Å². The van der Waals surface area contributed by atoms with E-state index in [9.17, 15) is 18.0 Å². The van der Waals surface area contributed by atoms with Gasteiger partial charge in [-0.05, 0) is 80.8 Å². The first-order valence-electron chi connectivity index (χ1n) is 17.1. The molecule has 0 saturated carbocycles. The van der Waals surface area contributed by atoms with E-state index in [4.69, 9.17) is 9.47 Å². The number of amides is 2. The summed E-state index contributed by atoms with van der Waals surface area (Å²) in [5.41, 5.74) is 2.88. The highest BCUT2D eigenvalue weighted by Crippen LogP contribution is 2.59. The van der Waals surface area contributed by atoms with Gasteiger partial charge in [-0.25, -0.2) is 22.7 Å². The molecule has 0 aliphatic carbocycles. The number of para-hydroxylation sites is 1. The number of urea groups is 1. The number of hydrogen-bond acceptors (Lipinski definition) is 7. The molecular formula is C41H39N3O6S. The predicted octanol–water partition coefficient (Wildman–Crippen LogP) is 8.67. The molecule has 0 aromatic heterocycles. The highest BCUT2D eigenvalue weighted by atomic mass is 32.2. The van der Waals surface area contributed by atoms with Gasteiger partial charge in [0.15, 0.2) is 5.60 Å². The van der Waals surface area contributed by atoms with Gasteiger partial charge in [0.05, 0.1) is 27.4 Å². The lowest BCUT2D eigenvalue weighted by Gasteiger charge is -2.39. The number of rotatable bonds is 9. The molecule has 1 N–H and O–H groups in total. The van der Waals surface area contributed by atoms with Crippen molar-refractivity contribution in [3.63, 3.8) is 0 Å². The summed E-state index contributed by atoms with van der Waals surface area (Å²) in [7, 11) is -4.31. The molecule has 260 valence electrons. The molecule has 2 heterocycles. The fraction of sp³-hybridized carbons (Fsp3) is 0.220. The van der Waals surface area contributed by atoms with Crippen molar-refractivity contribution in [3.05, 3.63) is 143 Å². The molecule has 9 nitrogen and oxygen atoms in total. The van der Waals surface area contributed by atoms with E-state index in [2.05, 4.69) is 30.4 Å². The van der Waals surface area contributed by atoms with Crippen molar-refractivity contribution in [1.82, 2.24) is 4.72 Å². The Bertz CT molecular complexity index is 2250. The van der Waals surface area contributed by atoms with Crippen LogP contribution in [-0.4, -0.2) is 33.5 Å². The molecule has 2 aliphatic heterocycles. The van der Waals surface area contributed by atoms with E-state index in [1.165, 1.54) is 17.0 Å². The maximum absolute atomic E-state index is 14.7. The Balaban J connectivity index is 1.45. The lowest BCUT2D eigenvalue weighted by molar-refractivity contribution is 0.0226. The monoisotopic (exact) mass is 701 g/mol. The van der Waals surface area contributed by atoms with Crippen molar-refractivity contribution < 1.29 is 27.5 Å². The Morgan fingerprint density at radius 1 is 0.824 bits per heavy atom. The zero-order valence-corrected chi connectivity index (χ0v) is 29.7. The van der Waals surface area contributed by atoms with E-state index in [1.807, 2.05) is 55.5 Å². The third kappa shape index (κ3) is 5.99. The minimum absolute atomic E-state index is 0.0523. The van der Waals surface area contributed by atoms with Crippen LogP contribution in [0.3, 0.4) is 0 Å². The Labute approximate surface area is 298 Å². The fourth-order valence-corrected chi connectivity index (χ4v) is 7.80. The summed E-state index contributed by atoms with van der Waals surface area (Å²) in [6, 6.07) is 32.5. The van der Waals surface area contributed by atoms with E-state index < -0.39 is 27.6 Å². The Hall–Kier alpha value is -5.61. The summed E-state index contributed by atoms with van der Waals surface area (Å²) >= 11 is 0. The summed E-state index contributed by atoms with van der Waals surface area (Å²) in [6.45, 7) is 9.80. The third-order valence-corrected chi connectivity index (χ3v) is 10.8. The van der Waals surface area contributed by atoms with Crippen LogP contribution in [0.1, 0.15) is 59.8 Å². The van der Waals surface area contributed by atoms with Gasteiger partial charge in [-0.3, -0.25) is 4.90 Å². The van der Waals surface area contributed by atoms with Crippen LogP contribution in [0.15, 0.2) is 120 Å². The molecular weight excluding hydrogens is 663 g/mol. The Morgan fingerprint density at radius 3 is 2.24 bits per heavy atom. The third-order valence-electron chi connectivity index (χ3n) is 9.42. The first-order valence-corrected chi connectivity index (χ1v) is 18.5. The Kier molecular flexibility index (Phi) is 8.81. The summed E-state index contributed by atoms with van der Waals surface area (Å²) < 4.78 is 42.7. The number of fused-ring (bicyclic) bond motifs is 6. The van der Waals surface area contributed by atoms with Gasteiger partial charge in [0.25, 0.3) is 10.0 Å². The Morgan fingerprint density at radius 2 is 1.49 bits per heavy atom. The van der Waals surface area contributed by atoms with E-state index >= 15 is 0 Å². The lowest BCUT2D eigenvalue weighted by Crippen LogP contribution is -2.42. The number of anilines is 3. The van der Waals surface area contributed by atoms with Gasteiger partial charge in [-0.15, -0.1) is 0 Å². The second kappa shape index (κ2) is 13.3. The summed E-state index contributed by atoms with van der Waals surface area (Å²) in [5, 5.41) is 0. The molecule has 0 radical (unpaired) electrons. The average Bonchev–Trinajstić information content (AvgIpc) is 3.41. The van der Waals surface area contributed by atoms with Crippen molar-refractivity contribution in [3.8, 4) is 11.5 Å². The van der Waals surface area contributed by atoms with Crippen LogP contribution in [-0.2, 0) is 20.4 Å². The smallest absolute Gasteiger partial charge is 0.340 e. The van der Waals surface area contributed by atoms with E-state index in [1.54, 1.807) is 54.6 Å². The van der Waals surface area contributed by atoms with Crippen molar-refractivity contribution in [2.24, 2.45) is 5.92 Å². The number of sulfonamides is 1. The molecule has 1 spiro atoms. The summed E-state index contributed by atoms with van der Waals surface area (Å²) in [6.07, 6.45) is 0.966. The highest BCUT2D eigenvalue weighted by molar-refractivity contribution is 7.90. The normalized spacial score (nSPS) is 15.7. The van der Waals surface area contributed by atoms with Crippen molar-refractivity contribution >= 4 is 39.1 Å². The number of esters is 1. The zero-order valence-electron chi connectivity index (χ0n) is 28.9. The van der Waals surface area contributed by atoms with Gasteiger partial charge >= 0.3 is 12.0 Å². The number of benzene rings is 5. The number of carbonyl (C=O) groups excluding carboxylic acids is 2. The molecule has 0 saturated heterocycles. The van der Waals surface area contributed by atoms with Crippen LogP contribution < -0.4 is 19.3 Å². The summed E-state index contributed by atoms with van der Waals surface area (Å²) in [5.74, 6) is 0.823. The van der Waals surface area contributed by atoms with Crippen LogP contribution in [0, 0.1) is 12.8 Å². The van der Waals surface area contributed by atoms with Gasteiger partial charge in [-0.1, -0.05) is 80.1 Å². The molecule has 2 aliphatic rings. The average molecular weight is 702 g/mol. The second-order valence-corrected chi connectivity index (χ2v) is 14.9. The van der Waals surface area contributed by atoms with Crippen LogP contribution in [0.4, 0.5) is 21.9 Å². The largest absolute Gasteiger partial charge is 0.456 e. The molecule has 1 atom stereocenters. The minimum atomic E-state index is -4.31. The maximum atomic E-state index is 14.7. The number of nitrogens with zero attached hydrogens (tertiary/aromatic N) is 2. The number of hydrogen-bond donors (Lipinski definition) is 1. The quantitative estimate of drug-likeness (QED) is 0.153. The second-order valence-electron chi connectivity index (χ2n) is 13.2. The number of nitrogens with one attached hydrogen (secondary N) is 1. The fourth-order valence-electron chi connectivity index (χ4n) is 6.86. The molecule has 2 amide bonds. The van der Waals surface area contributed by atoms with Crippen molar-refractivity contribution in [1.29, 1.82) is 0 Å². The molecule has 0 fully saturated rings. The molecule has 10 heteroatoms. The van der Waals surface area contributed by atoms with Crippen molar-refractivity contribution in [2.45, 2.75) is 44.6 Å².